The summed E-state index contributed by atoms with van der Waals surface area (Å²) in [5, 5.41) is 7.41. The molecule has 0 bridgehead atoms. The molecule has 124 valence electrons. The Morgan fingerprint density at radius 1 is 1.43 bits per heavy atom. The van der Waals surface area contributed by atoms with Gasteiger partial charge >= 0.3 is 0 Å². The van der Waals surface area contributed by atoms with Crippen LogP contribution < -0.4 is 5.32 Å². The molecule has 3 rings (SSSR count). The van der Waals surface area contributed by atoms with E-state index < -0.39 is 0 Å². The maximum atomic E-state index is 12.4. The summed E-state index contributed by atoms with van der Waals surface area (Å²) >= 11 is 1.70. The summed E-state index contributed by atoms with van der Waals surface area (Å²) in [6, 6.07) is 6.24. The van der Waals surface area contributed by atoms with Crippen molar-refractivity contribution in [3.05, 3.63) is 46.5 Å². The first-order valence-electron chi connectivity index (χ1n) is 8.27. The first-order chi connectivity index (χ1) is 11.2. The molecule has 0 spiro atoms. The molecule has 5 heteroatoms. The highest BCUT2D eigenvalue weighted by molar-refractivity contribution is 7.07. The molecular formula is C18H24N2O2S. The van der Waals surface area contributed by atoms with Crippen LogP contribution in [0.2, 0.25) is 0 Å². The van der Waals surface area contributed by atoms with Gasteiger partial charge in [-0.05, 0) is 73.8 Å². The third-order valence-corrected chi connectivity index (χ3v) is 5.16. The minimum Gasteiger partial charge on any atom is -0.468 e. The van der Waals surface area contributed by atoms with Gasteiger partial charge in [0, 0.05) is 12.0 Å². The molecule has 4 nitrogen and oxygen atoms in total. The van der Waals surface area contributed by atoms with E-state index >= 15 is 0 Å². The molecule has 0 radical (unpaired) electrons. The summed E-state index contributed by atoms with van der Waals surface area (Å²) in [4.78, 5) is 14.8. The van der Waals surface area contributed by atoms with Crippen molar-refractivity contribution in [1.82, 2.24) is 10.2 Å². The number of carbonyl (C=O) groups excluding carboxylic acids is 1. The zero-order valence-corrected chi connectivity index (χ0v) is 14.3. The fourth-order valence-corrected chi connectivity index (χ4v) is 3.83. The summed E-state index contributed by atoms with van der Waals surface area (Å²) in [6.45, 7) is 4.84. The lowest BCUT2D eigenvalue weighted by Gasteiger charge is -2.31. The van der Waals surface area contributed by atoms with Gasteiger partial charge in [0.15, 0.2) is 0 Å². The fourth-order valence-electron chi connectivity index (χ4n) is 3.15. The molecule has 1 aliphatic rings. The van der Waals surface area contributed by atoms with Crippen LogP contribution in [0, 0.1) is 5.92 Å². The van der Waals surface area contributed by atoms with Crippen molar-refractivity contribution in [1.29, 1.82) is 0 Å². The molecule has 0 aliphatic carbocycles. The Morgan fingerprint density at radius 3 is 2.91 bits per heavy atom. The second-order valence-corrected chi connectivity index (χ2v) is 7.16. The number of piperidine rings is 1. The van der Waals surface area contributed by atoms with Gasteiger partial charge in [-0.15, -0.1) is 0 Å². The molecule has 1 aliphatic heterocycles. The normalized spacial score (nSPS) is 18.0. The lowest BCUT2D eigenvalue weighted by molar-refractivity contribution is -0.127. The SMILES string of the molecule is C[C@H](Cc1ccsc1)NC(=O)C1CCN(Cc2ccco2)CC1. The molecule has 0 unspecified atom stereocenters. The Labute approximate surface area is 141 Å². The quantitative estimate of drug-likeness (QED) is 0.883. The van der Waals surface area contributed by atoms with Crippen LogP contribution in [-0.4, -0.2) is 29.9 Å². The first-order valence-corrected chi connectivity index (χ1v) is 9.21. The number of furan rings is 1. The Morgan fingerprint density at radius 2 is 2.26 bits per heavy atom. The average molecular weight is 332 g/mol. The van der Waals surface area contributed by atoms with Gasteiger partial charge < -0.3 is 9.73 Å². The Hall–Kier alpha value is -1.59. The van der Waals surface area contributed by atoms with E-state index in [9.17, 15) is 4.79 Å². The van der Waals surface area contributed by atoms with E-state index in [1.54, 1.807) is 17.6 Å². The number of rotatable bonds is 6. The molecule has 0 aromatic carbocycles. The summed E-state index contributed by atoms with van der Waals surface area (Å²) in [7, 11) is 0. The second-order valence-electron chi connectivity index (χ2n) is 6.38. The molecule has 23 heavy (non-hydrogen) atoms. The molecule has 1 N–H and O–H groups in total. The van der Waals surface area contributed by atoms with E-state index in [4.69, 9.17) is 4.42 Å². The smallest absolute Gasteiger partial charge is 0.223 e. The van der Waals surface area contributed by atoms with Gasteiger partial charge in [0.2, 0.25) is 5.91 Å². The fraction of sp³-hybridized carbons (Fsp3) is 0.500. The van der Waals surface area contributed by atoms with Gasteiger partial charge in [0.1, 0.15) is 5.76 Å². The Balaban J connectivity index is 1.41. The van der Waals surface area contributed by atoms with Crippen LogP contribution in [0.5, 0.6) is 0 Å². The maximum Gasteiger partial charge on any atom is 0.223 e. The Kier molecular flexibility index (Phi) is 5.51. The van der Waals surface area contributed by atoms with Crippen molar-refractivity contribution in [2.24, 2.45) is 5.92 Å². The third-order valence-electron chi connectivity index (χ3n) is 4.43. The van der Waals surface area contributed by atoms with Gasteiger partial charge in [-0.1, -0.05) is 0 Å². The zero-order chi connectivity index (χ0) is 16.1. The Bertz CT molecular complexity index is 587. The second kappa shape index (κ2) is 7.79. The van der Waals surface area contributed by atoms with Crippen molar-refractivity contribution >= 4 is 17.2 Å². The van der Waals surface area contributed by atoms with Crippen LogP contribution >= 0.6 is 11.3 Å². The first kappa shape index (κ1) is 16.3. The number of hydrogen-bond donors (Lipinski definition) is 1. The third kappa shape index (κ3) is 4.69. The van der Waals surface area contributed by atoms with Crippen LogP contribution in [0.4, 0.5) is 0 Å². The topological polar surface area (TPSA) is 45.5 Å². The van der Waals surface area contributed by atoms with Crippen LogP contribution in [0.15, 0.2) is 39.6 Å². The highest BCUT2D eigenvalue weighted by Crippen LogP contribution is 2.20. The van der Waals surface area contributed by atoms with E-state index in [2.05, 4.69) is 34.0 Å². The van der Waals surface area contributed by atoms with Crippen LogP contribution in [0.3, 0.4) is 0 Å². The van der Waals surface area contributed by atoms with Crippen molar-refractivity contribution < 1.29 is 9.21 Å². The number of likely N-dealkylation sites (tertiary alicyclic amines) is 1. The zero-order valence-electron chi connectivity index (χ0n) is 13.5. The van der Waals surface area contributed by atoms with E-state index in [0.29, 0.717) is 0 Å². The van der Waals surface area contributed by atoms with Crippen molar-refractivity contribution in [2.45, 2.75) is 38.8 Å². The van der Waals surface area contributed by atoms with Crippen molar-refractivity contribution in [2.75, 3.05) is 13.1 Å². The summed E-state index contributed by atoms with van der Waals surface area (Å²) in [5.74, 6) is 1.36. The molecule has 1 atom stereocenters. The lowest BCUT2D eigenvalue weighted by Crippen LogP contribution is -2.43. The molecule has 0 saturated carbocycles. The predicted molar refractivity (Wildman–Crippen MR) is 92.3 cm³/mol. The van der Waals surface area contributed by atoms with E-state index in [0.717, 1.165) is 44.7 Å². The molecular weight excluding hydrogens is 308 g/mol. The van der Waals surface area contributed by atoms with Gasteiger partial charge in [0.05, 0.1) is 12.8 Å². The maximum absolute atomic E-state index is 12.4. The van der Waals surface area contributed by atoms with Gasteiger partial charge in [-0.2, -0.15) is 11.3 Å². The number of amides is 1. The summed E-state index contributed by atoms with van der Waals surface area (Å²) in [6.07, 6.45) is 4.48. The molecule has 1 saturated heterocycles. The highest BCUT2D eigenvalue weighted by atomic mass is 32.1. The standard InChI is InChI=1S/C18H24N2O2S/c1-14(11-15-6-10-23-13-15)19-18(21)16-4-7-20(8-5-16)12-17-3-2-9-22-17/h2-3,6,9-10,13-14,16H,4-5,7-8,11-12H2,1H3,(H,19,21)/t14-/m1/s1. The predicted octanol–water partition coefficient (Wildman–Crippen LogP) is 3.30. The van der Waals surface area contributed by atoms with Crippen LogP contribution in [0.25, 0.3) is 0 Å². The summed E-state index contributed by atoms with van der Waals surface area (Å²) < 4.78 is 5.39. The number of hydrogen-bond acceptors (Lipinski definition) is 4. The number of thiophene rings is 1. The van der Waals surface area contributed by atoms with Crippen molar-refractivity contribution in [3.8, 4) is 0 Å². The number of nitrogens with one attached hydrogen (secondary N) is 1. The minimum atomic E-state index is 0.146. The van der Waals surface area contributed by atoms with E-state index in [-0.39, 0.29) is 17.9 Å². The van der Waals surface area contributed by atoms with Crippen LogP contribution in [0.1, 0.15) is 31.1 Å². The van der Waals surface area contributed by atoms with Crippen molar-refractivity contribution in [3.63, 3.8) is 0 Å². The molecule has 2 aromatic heterocycles. The molecule has 1 amide bonds. The molecule has 1 fully saturated rings. The van der Waals surface area contributed by atoms with Gasteiger partial charge in [-0.25, -0.2) is 0 Å². The minimum absolute atomic E-state index is 0.146. The monoisotopic (exact) mass is 332 g/mol. The van der Waals surface area contributed by atoms with Gasteiger partial charge in [-0.3, -0.25) is 9.69 Å². The lowest BCUT2D eigenvalue weighted by atomic mass is 9.95. The number of carbonyl (C=O) groups is 1. The van der Waals surface area contributed by atoms with E-state index in [1.807, 2.05) is 12.1 Å². The largest absolute Gasteiger partial charge is 0.468 e. The summed E-state index contributed by atoms with van der Waals surface area (Å²) in [5.41, 5.74) is 1.30. The van der Waals surface area contributed by atoms with Gasteiger partial charge in [0.25, 0.3) is 0 Å². The van der Waals surface area contributed by atoms with Crippen LogP contribution in [-0.2, 0) is 17.8 Å². The molecule has 3 heterocycles. The van der Waals surface area contributed by atoms with E-state index in [1.165, 1.54) is 5.56 Å². The number of nitrogens with zero attached hydrogens (tertiary/aromatic N) is 1. The highest BCUT2D eigenvalue weighted by Gasteiger charge is 2.26. The average Bonchev–Trinajstić information content (AvgIpc) is 3.21. The molecule has 2 aromatic rings.